The minimum absolute atomic E-state index is 0.0775. The molecule has 0 fully saturated rings. The van der Waals surface area contributed by atoms with Crippen molar-refractivity contribution >= 4 is 41.2 Å². The van der Waals surface area contributed by atoms with Gasteiger partial charge in [0.05, 0.1) is 18.1 Å². The van der Waals surface area contributed by atoms with Gasteiger partial charge in [-0.2, -0.15) is 19.0 Å². The molecule has 0 spiro atoms. The summed E-state index contributed by atoms with van der Waals surface area (Å²) in [5.41, 5.74) is 1.44. The molecule has 4 aromatic rings. The van der Waals surface area contributed by atoms with Gasteiger partial charge in [-0.1, -0.05) is 35.6 Å². The summed E-state index contributed by atoms with van der Waals surface area (Å²) >= 11 is 3.37. The quantitative estimate of drug-likeness (QED) is 0.196. The number of carbonyl (C=O) groups excluding carboxylic acids is 1. The van der Waals surface area contributed by atoms with E-state index in [4.69, 9.17) is 9.47 Å². The Kier molecular flexibility index (Phi) is 7.81. The number of carbonyl (C=O) groups is 1. The topological polar surface area (TPSA) is 95.6 Å². The van der Waals surface area contributed by atoms with Gasteiger partial charge in [-0.15, -0.1) is 0 Å². The van der Waals surface area contributed by atoms with E-state index in [-0.39, 0.29) is 29.3 Å². The average molecular weight is 579 g/mol. The van der Waals surface area contributed by atoms with Gasteiger partial charge in [-0.05, 0) is 30.3 Å². The number of aromatic nitrogens is 5. The summed E-state index contributed by atoms with van der Waals surface area (Å²) in [5, 5.41) is 11.5. The standard InChI is InChI=1S/C23H25BrF2N6O3Si/c1-36(2,3)10-9-34-14-31-13-18(29-22(33)17-12-28-32-8-4-7-27-21(17)32)20(30-31)16-11-15(24)5-6-19(16)35-23(25)26/h4-8,11-13,23H,9-10,14H2,1-3H3,(H,29,33). The van der Waals surface area contributed by atoms with Gasteiger partial charge in [0.1, 0.15) is 23.7 Å². The van der Waals surface area contributed by atoms with Gasteiger partial charge < -0.3 is 14.8 Å². The minimum atomic E-state index is -3.03. The second kappa shape index (κ2) is 10.8. The van der Waals surface area contributed by atoms with Gasteiger partial charge in [-0.3, -0.25) is 4.79 Å². The van der Waals surface area contributed by atoms with Crippen LogP contribution < -0.4 is 10.1 Å². The molecule has 9 nitrogen and oxygen atoms in total. The first-order valence-corrected chi connectivity index (χ1v) is 15.6. The van der Waals surface area contributed by atoms with Crippen molar-refractivity contribution in [3.8, 4) is 17.0 Å². The van der Waals surface area contributed by atoms with Crippen LogP contribution in [0.1, 0.15) is 10.4 Å². The molecule has 0 unspecified atom stereocenters. The van der Waals surface area contributed by atoms with Gasteiger partial charge >= 0.3 is 6.61 Å². The number of fused-ring (bicyclic) bond motifs is 1. The van der Waals surface area contributed by atoms with Crippen molar-refractivity contribution in [3.05, 3.63) is 59.1 Å². The maximum Gasteiger partial charge on any atom is 0.387 e. The first-order valence-electron chi connectivity index (χ1n) is 11.1. The van der Waals surface area contributed by atoms with Gasteiger partial charge in [0, 0.05) is 37.1 Å². The lowest BCUT2D eigenvalue weighted by Crippen LogP contribution is -2.22. The van der Waals surface area contributed by atoms with Crippen LogP contribution in [0.3, 0.4) is 0 Å². The number of halogens is 3. The van der Waals surface area contributed by atoms with Crippen molar-refractivity contribution in [3.63, 3.8) is 0 Å². The van der Waals surface area contributed by atoms with E-state index in [2.05, 4.69) is 56.1 Å². The van der Waals surface area contributed by atoms with Crippen molar-refractivity contribution in [2.75, 3.05) is 11.9 Å². The zero-order valence-electron chi connectivity index (χ0n) is 19.9. The van der Waals surface area contributed by atoms with Crippen molar-refractivity contribution in [2.24, 2.45) is 0 Å². The zero-order valence-corrected chi connectivity index (χ0v) is 22.5. The van der Waals surface area contributed by atoms with E-state index in [0.29, 0.717) is 22.4 Å². The Labute approximate surface area is 215 Å². The van der Waals surface area contributed by atoms with Gasteiger partial charge in [0.2, 0.25) is 0 Å². The number of hydrogen-bond donors (Lipinski definition) is 1. The van der Waals surface area contributed by atoms with Crippen LogP contribution >= 0.6 is 15.9 Å². The van der Waals surface area contributed by atoms with Crippen LogP contribution in [0.25, 0.3) is 16.9 Å². The first kappa shape index (κ1) is 25.9. The Balaban J connectivity index is 1.67. The third-order valence-electron chi connectivity index (χ3n) is 5.17. The molecule has 3 aromatic heterocycles. The molecule has 4 rings (SSSR count). The molecule has 1 N–H and O–H groups in total. The van der Waals surface area contributed by atoms with Crippen LogP contribution in [-0.2, 0) is 11.5 Å². The highest BCUT2D eigenvalue weighted by atomic mass is 79.9. The van der Waals surface area contributed by atoms with Crippen LogP contribution in [0.2, 0.25) is 25.7 Å². The third kappa shape index (κ3) is 6.33. The first-order chi connectivity index (χ1) is 17.1. The number of ether oxygens (including phenoxy) is 2. The molecule has 190 valence electrons. The summed E-state index contributed by atoms with van der Waals surface area (Å²) in [5.74, 6) is -0.554. The van der Waals surface area contributed by atoms with Crippen LogP contribution in [0.15, 0.2) is 53.5 Å². The van der Waals surface area contributed by atoms with Gasteiger partial charge in [0.15, 0.2) is 5.65 Å². The Morgan fingerprint density at radius 3 is 2.83 bits per heavy atom. The Morgan fingerprint density at radius 2 is 2.08 bits per heavy atom. The lowest BCUT2D eigenvalue weighted by molar-refractivity contribution is -0.0494. The number of nitrogens with one attached hydrogen (secondary N) is 1. The van der Waals surface area contributed by atoms with Crippen LogP contribution in [0.4, 0.5) is 14.5 Å². The van der Waals surface area contributed by atoms with Crippen molar-refractivity contribution in [1.29, 1.82) is 0 Å². The molecule has 0 saturated carbocycles. The highest BCUT2D eigenvalue weighted by Crippen LogP contribution is 2.37. The number of hydrogen-bond acceptors (Lipinski definition) is 6. The maximum atomic E-state index is 13.2. The number of anilines is 1. The predicted molar refractivity (Wildman–Crippen MR) is 137 cm³/mol. The fraction of sp³-hybridized carbons (Fsp3) is 0.304. The van der Waals surface area contributed by atoms with E-state index < -0.39 is 20.6 Å². The molecule has 3 heterocycles. The molecular formula is C23H25BrF2N6O3Si. The van der Waals surface area contributed by atoms with Crippen molar-refractivity contribution < 1.29 is 23.0 Å². The summed E-state index contributed by atoms with van der Waals surface area (Å²) in [6.07, 6.45) is 6.24. The SMILES string of the molecule is C[Si](C)(C)CCOCn1cc(NC(=O)c2cnn3cccnc23)c(-c2cc(Br)ccc2OC(F)F)n1. The highest BCUT2D eigenvalue weighted by molar-refractivity contribution is 9.10. The van der Waals surface area contributed by atoms with E-state index in [1.54, 1.807) is 36.8 Å². The molecule has 13 heteroatoms. The third-order valence-corrected chi connectivity index (χ3v) is 7.36. The molecule has 0 bridgehead atoms. The van der Waals surface area contributed by atoms with E-state index in [1.165, 1.54) is 21.5 Å². The largest absolute Gasteiger partial charge is 0.434 e. The Bertz CT molecular complexity index is 1370. The summed E-state index contributed by atoms with van der Waals surface area (Å²) < 4.78 is 40.3. The van der Waals surface area contributed by atoms with E-state index in [0.717, 1.165) is 6.04 Å². The average Bonchev–Trinajstić information content (AvgIpc) is 3.41. The number of nitrogens with zero attached hydrogens (tertiary/aromatic N) is 5. The lowest BCUT2D eigenvalue weighted by Gasteiger charge is -2.15. The van der Waals surface area contributed by atoms with Gasteiger partial charge in [0.25, 0.3) is 5.91 Å². The van der Waals surface area contributed by atoms with E-state index >= 15 is 0 Å². The normalized spacial score (nSPS) is 11.9. The molecule has 0 aliphatic rings. The van der Waals surface area contributed by atoms with Crippen molar-refractivity contribution in [2.45, 2.75) is 39.0 Å². The van der Waals surface area contributed by atoms with E-state index in [9.17, 15) is 13.6 Å². The fourth-order valence-corrected chi connectivity index (χ4v) is 4.50. The number of rotatable bonds is 10. The van der Waals surface area contributed by atoms with Crippen LogP contribution in [-0.4, -0.2) is 51.6 Å². The van der Waals surface area contributed by atoms with Crippen LogP contribution in [0, 0.1) is 0 Å². The summed E-state index contributed by atoms with van der Waals surface area (Å²) in [7, 11) is -1.28. The highest BCUT2D eigenvalue weighted by Gasteiger charge is 2.22. The molecular weight excluding hydrogens is 554 g/mol. The maximum absolute atomic E-state index is 13.2. The van der Waals surface area contributed by atoms with Gasteiger partial charge in [-0.25, -0.2) is 14.2 Å². The molecule has 0 atom stereocenters. The molecule has 36 heavy (non-hydrogen) atoms. The fourth-order valence-electron chi connectivity index (χ4n) is 3.38. The molecule has 0 aliphatic carbocycles. The molecule has 1 amide bonds. The second-order valence-corrected chi connectivity index (χ2v) is 15.7. The van der Waals surface area contributed by atoms with E-state index in [1.807, 2.05) is 0 Å². The minimum Gasteiger partial charge on any atom is -0.434 e. The number of benzene rings is 1. The summed E-state index contributed by atoms with van der Waals surface area (Å²) in [6.45, 7) is 4.43. The Hall–Kier alpha value is -3.16. The predicted octanol–water partition coefficient (Wildman–Crippen LogP) is 5.52. The molecule has 0 radical (unpaired) electrons. The molecule has 0 aliphatic heterocycles. The van der Waals surface area contributed by atoms with Crippen molar-refractivity contribution in [1.82, 2.24) is 24.4 Å². The molecule has 0 saturated heterocycles. The molecule has 1 aromatic carbocycles. The Morgan fingerprint density at radius 1 is 1.28 bits per heavy atom. The second-order valence-electron chi connectivity index (χ2n) is 9.20. The zero-order chi connectivity index (χ0) is 25.9. The summed E-state index contributed by atoms with van der Waals surface area (Å²) in [4.78, 5) is 17.4. The number of amides is 1. The number of alkyl halides is 2. The lowest BCUT2D eigenvalue weighted by atomic mass is 10.1. The monoisotopic (exact) mass is 578 g/mol. The smallest absolute Gasteiger partial charge is 0.387 e. The summed E-state index contributed by atoms with van der Waals surface area (Å²) in [6, 6.07) is 7.27. The van der Waals surface area contributed by atoms with Crippen LogP contribution in [0.5, 0.6) is 5.75 Å².